The van der Waals surface area contributed by atoms with Crippen LogP contribution in [0, 0.1) is 11.7 Å². The van der Waals surface area contributed by atoms with Crippen LogP contribution in [0.1, 0.15) is 26.7 Å². The van der Waals surface area contributed by atoms with E-state index in [9.17, 15) is 17.9 Å². The van der Waals surface area contributed by atoms with E-state index in [0.29, 0.717) is 0 Å². The second kappa shape index (κ2) is 6.98. The first-order valence-corrected chi connectivity index (χ1v) is 7.83. The van der Waals surface area contributed by atoms with Gasteiger partial charge in [-0.15, -0.1) is 0 Å². The van der Waals surface area contributed by atoms with Crippen molar-refractivity contribution in [3.05, 3.63) is 30.1 Å². The lowest BCUT2D eigenvalue weighted by molar-refractivity contribution is 0.107. The van der Waals surface area contributed by atoms with Gasteiger partial charge in [0.1, 0.15) is 10.7 Å². The molecule has 6 heteroatoms. The number of rotatable bonds is 7. The smallest absolute Gasteiger partial charge is 0.243 e. The van der Waals surface area contributed by atoms with Crippen LogP contribution in [-0.2, 0) is 10.0 Å². The lowest BCUT2D eigenvalue weighted by Crippen LogP contribution is -2.36. The molecule has 0 bridgehead atoms. The van der Waals surface area contributed by atoms with Gasteiger partial charge < -0.3 is 5.11 Å². The molecule has 0 fully saturated rings. The molecule has 4 nitrogen and oxygen atoms in total. The molecular formula is C13H20FNO3S. The summed E-state index contributed by atoms with van der Waals surface area (Å²) < 4.78 is 39.5. The van der Waals surface area contributed by atoms with Gasteiger partial charge >= 0.3 is 0 Å². The fraction of sp³-hybridized carbons (Fsp3) is 0.538. The van der Waals surface area contributed by atoms with E-state index < -0.39 is 26.8 Å². The summed E-state index contributed by atoms with van der Waals surface area (Å²) >= 11 is 0. The summed E-state index contributed by atoms with van der Waals surface area (Å²) in [5, 5.41) is 9.87. The van der Waals surface area contributed by atoms with Crippen LogP contribution >= 0.6 is 0 Å². The second-order valence-corrected chi connectivity index (χ2v) is 6.16. The minimum Gasteiger partial charge on any atom is -0.391 e. The van der Waals surface area contributed by atoms with Gasteiger partial charge in [0.05, 0.1) is 6.10 Å². The molecule has 1 rings (SSSR count). The topological polar surface area (TPSA) is 66.4 Å². The first-order valence-electron chi connectivity index (χ1n) is 6.34. The van der Waals surface area contributed by atoms with Crippen molar-refractivity contribution in [2.24, 2.45) is 5.92 Å². The summed E-state index contributed by atoms with van der Waals surface area (Å²) in [5.74, 6) is -0.768. The standard InChI is InChI=1S/C13H20FNO3S/c1-3-10(4-2)12(16)9-15-19(17,18)13-8-6-5-7-11(13)14/h5-8,10,12,15-16H,3-4,9H2,1-2H3. The van der Waals surface area contributed by atoms with Crippen molar-refractivity contribution in [2.75, 3.05) is 6.54 Å². The number of aliphatic hydroxyl groups excluding tert-OH is 1. The highest BCUT2D eigenvalue weighted by molar-refractivity contribution is 7.89. The van der Waals surface area contributed by atoms with Gasteiger partial charge in [-0.3, -0.25) is 0 Å². The predicted octanol–water partition coefficient (Wildman–Crippen LogP) is 1.90. The Kier molecular flexibility index (Phi) is 5.90. The van der Waals surface area contributed by atoms with Crippen LogP contribution in [0.5, 0.6) is 0 Å². The summed E-state index contributed by atoms with van der Waals surface area (Å²) in [7, 11) is -3.92. The molecule has 0 aliphatic rings. The van der Waals surface area contributed by atoms with Gasteiger partial charge in [0.15, 0.2) is 0 Å². The third-order valence-corrected chi connectivity index (χ3v) is 4.66. The van der Waals surface area contributed by atoms with Crippen LogP contribution < -0.4 is 4.72 Å². The van der Waals surface area contributed by atoms with Crippen molar-refractivity contribution in [1.29, 1.82) is 0 Å². The number of halogens is 1. The highest BCUT2D eigenvalue weighted by Gasteiger charge is 2.22. The number of sulfonamides is 1. The zero-order valence-corrected chi connectivity index (χ0v) is 12.0. The average molecular weight is 289 g/mol. The normalized spacial score (nSPS) is 13.7. The van der Waals surface area contributed by atoms with Crippen molar-refractivity contribution in [3.63, 3.8) is 0 Å². The van der Waals surface area contributed by atoms with Crippen LogP contribution in [0.4, 0.5) is 4.39 Å². The van der Waals surface area contributed by atoms with Crippen LogP contribution in [0.3, 0.4) is 0 Å². The quantitative estimate of drug-likeness (QED) is 0.805. The highest BCUT2D eigenvalue weighted by atomic mass is 32.2. The van der Waals surface area contributed by atoms with Crippen molar-refractivity contribution in [3.8, 4) is 0 Å². The van der Waals surface area contributed by atoms with E-state index in [2.05, 4.69) is 4.72 Å². The number of nitrogens with one attached hydrogen (secondary N) is 1. The van der Waals surface area contributed by atoms with Gasteiger partial charge in [0.25, 0.3) is 0 Å². The monoisotopic (exact) mass is 289 g/mol. The van der Waals surface area contributed by atoms with E-state index >= 15 is 0 Å². The molecule has 0 saturated carbocycles. The molecule has 0 aliphatic carbocycles. The molecule has 0 spiro atoms. The van der Waals surface area contributed by atoms with Gasteiger partial charge in [-0.1, -0.05) is 38.8 Å². The molecule has 19 heavy (non-hydrogen) atoms. The fourth-order valence-electron chi connectivity index (χ4n) is 1.94. The Morgan fingerprint density at radius 3 is 2.37 bits per heavy atom. The number of hydrogen-bond donors (Lipinski definition) is 2. The van der Waals surface area contributed by atoms with Gasteiger partial charge in [-0.05, 0) is 18.1 Å². The number of aliphatic hydroxyl groups is 1. The van der Waals surface area contributed by atoms with Crippen LogP contribution in [0.25, 0.3) is 0 Å². The Balaban J connectivity index is 2.74. The zero-order valence-electron chi connectivity index (χ0n) is 11.1. The summed E-state index contributed by atoms with van der Waals surface area (Å²) in [5.41, 5.74) is 0. The van der Waals surface area contributed by atoms with E-state index in [4.69, 9.17) is 0 Å². The SMILES string of the molecule is CCC(CC)C(O)CNS(=O)(=O)c1ccccc1F. The van der Waals surface area contributed by atoms with Gasteiger partial charge in [0.2, 0.25) is 10.0 Å². The second-order valence-electron chi connectivity index (χ2n) is 4.43. The lowest BCUT2D eigenvalue weighted by atomic mass is 9.97. The Hall–Kier alpha value is -0.980. The summed E-state index contributed by atoms with van der Waals surface area (Å²) in [6, 6.07) is 5.16. The molecule has 0 heterocycles. The minimum absolute atomic E-state index is 0.0309. The van der Waals surface area contributed by atoms with E-state index in [1.165, 1.54) is 18.2 Å². The third kappa shape index (κ3) is 4.26. The van der Waals surface area contributed by atoms with E-state index in [0.717, 1.165) is 18.9 Å². The van der Waals surface area contributed by atoms with Crippen molar-refractivity contribution in [2.45, 2.75) is 37.7 Å². The van der Waals surface area contributed by atoms with Crippen molar-refractivity contribution < 1.29 is 17.9 Å². The van der Waals surface area contributed by atoms with Crippen LogP contribution in [0.2, 0.25) is 0 Å². The highest BCUT2D eigenvalue weighted by Crippen LogP contribution is 2.15. The van der Waals surface area contributed by atoms with Gasteiger partial charge in [-0.25, -0.2) is 17.5 Å². The van der Waals surface area contributed by atoms with Gasteiger partial charge in [-0.2, -0.15) is 0 Å². The van der Waals surface area contributed by atoms with E-state index in [1.807, 2.05) is 13.8 Å². The number of benzene rings is 1. The number of hydrogen-bond acceptors (Lipinski definition) is 3. The van der Waals surface area contributed by atoms with E-state index in [1.54, 1.807) is 0 Å². The Morgan fingerprint density at radius 1 is 1.26 bits per heavy atom. The molecule has 1 atom stereocenters. The maximum absolute atomic E-state index is 13.4. The van der Waals surface area contributed by atoms with Gasteiger partial charge in [0, 0.05) is 6.54 Å². The van der Waals surface area contributed by atoms with Crippen molar-refractivity contribution >= 4 is 10.0 Å². The molecule has 0 radical (unpaired) electrons. The molecule has 1 aromatic rings. The zero-order chi connectivity index (χ0) is 14.5. The summed E-state index contributed by atoms with van der Waals surface area (Å²) in [6.07, 6.45) is 0.759. The Bertz CT molecular complexity index is 500. The molecule has 2 N–H and O–H groups in total. The molecule has 0 saturated heterocycles. The van der Waals surface area contributed by atoms with Crippen LogP contribution in [0.15, 0.2) is 29.2 Å². The maximum Gasteiger partial charge on any atom is 0.243 e. The van der Waals surface area contributed by atoms with E-state index in [-0.39, 0.29) is 12.5 Å². The average Bonchev–Trinajstić information content (AvgIpc) is 2.38. The largest absolute Gasteiger partial charge is 0.391 e. The molecule has 108 valence electrons. The molecule has 1 unspecified atom stereocenters. The molecule has 0 amide bonds. The summed E-state index contributed by atoms with van der Waals surface area (Å²) in [6.45, 7) is 3.76. The molecule has 0 aliphatic heterocycles. The van der Waals surface area contributed by atoms with Crippen LogP contribution in [-0.4, -0.2) is 26.2 Å². The Labute approximate surface area is 113 Å². The molecule has 1 aromatic carbocycles. The van der Waals surface area contributed by atoms with Crippen molar-refractivity contribution in [1.82, 2.24) is 4.72 Å². The Morgan fingerprint density at radius 2 is 1.84 bits per heavy atom. The minimum atomic E-state index is -3.92. The first kappa shape index (κ1) is 16.1. The molecule has 0 aromatic heterocycles. The lowest BCUT2D eigenvalue weighted by Gasteiger charge is -2.20. The third-order valence-electron chi connectivity index (χ3n) is 3.20. The predicted molar refractivity (Wildman–Crippen MR) is 71.7 cm³/mol. The molecular weight excluding hydrogens is 269 g/mol. The first-order chi connectivity index (χ1) is 8.92. The summed E-state index contributed by atoms with van der Waals surface area (Å²) in [4.78, 5) is -0.397. The fourth-order valence-corrected chi connectivity index (χ4v) is 3.06. The maximum atomic E-state index is 13.4.